The monoisotopic (exact) mass is 303 g/mol. The van der Waals surface area contributed by atoms with Gasteiger partial charge in [0.2, 0.25) is 5.91 Å². The van der Waals surface area contributed by atoms with Gasteiger partial charge in [0, 0.05) is 6.61 Å². The molecule has 19 heavy (non-hydrogen) atoms. The van der Waals surface area contributed by atoms with E-state index in [1.54, 1.807) is 0 Å². The molecule has 0 bridgehead atoms. The summed E-state index contributed by atoms with van der Waals surface area (Å²) < 4.78 is 11.9. The first-order valence-corrected chi connectivity index (χ1v) is 13.4. The van der Waals surface area contributed by atoms with E-state index >= 15 is 0 Å². The number of amides is 1. The van der Waals surface area contributed by atoms with E-state index in [-0.39, 0.29) is 24.0 Å². The molecule has 0 radical (unpaired) electrons. The Morgan fingerprint density at radius 2 is 1.89 bits per heavy atom. The van der Waals surface area contributed by atoms with Crippen LogP contribution in [0.15, 0.2) is 0 Å². The Morgan fingerprint density at radius 3 is 2.26 bits per heavy atom. The number of carbonyl (C=O) groups excluding carboxylic acids is 1. The molecule has 1 saturated heterocycles. The van der Waals surface area contributed by atoms with E-state index in [4.69, 9.17) is 8.85 Å². The van der Waals surface area contributed by atoms with Crippen LogP contribution in [0.2, 0.25) is 32.7 Å². The predicted molar refractivity (Wildman–Crippen MR) is 83.0 cm³/mol. The second-order valence-electron chi connectivity index (χ2n) is 6.98. The zero-order chi connectivity index (χ0) is 14.8. The Kier molecular flexibility index (Phi) is 5.79. The third-order valence-electron chi connectivity index (χ3n) is 3.33. The van der Waals surface area contributed by atoms with E-state index in [2.05, 4.69) is 51.9 Å². The maximum Gasteiger partial charge on any atom is 0.229 e. The average Bonchev–Trinajstić information content (AvgIpc) is 2.20. The smallest absolute Gasteiger partial charge is 0.229 e. The van der Waals surface area contributed by atoms with Gasteiger partial charge in [0.1, 0.15) is 6.23 Å². The lowest BCUT2D eigenvalue weighted by molar-refractivity contribution is -0.152. The second-order valence-corrected chi connectivity index (χ2v) is 13.9. The summed E-state index contributed by atoms with van der Waals surface area (Å²) in [5, 5.41) is 2.90. The van der Waals surface area contributed by atoms with Crippen molar-refractivity contribution in [3.8, 4) is 0 Å². The van der Waals surface area contributed by atoms with Crippen molar-refractivity contribution < 1.29 is 13.6 Å². The molecule has 0 saturated carbocycles. The zero-order valence-electron chi connectivity index (χ0n) is 13.3. The van der Waals surface area contributed by atoms with Gasteiger partial charge >= 0.3 is 0 Å². The molecule has 1 N–H and O–H groups in total. The van der Waals surface area contributed by atoms with Crippen LogP contribution >= 0.6 is 0 Å². The molecule has 0 aromatic carbocycles. The third kappa shape index (κ3) is 5.02. The molecule has 1 rings (SSSR count). The molecule has 0 spiro atoms. The first-order valence-electron chi connectivity index (χ1n) is 7.21. The van der Waals surface area contributed by atoms with Crippen molar-refractivity contribution in [3.05, 3.63) is 0 Å². The molecular formula is C13H29NO3Si2. The molecule has 112 valence electrons. The van der Waals surface area contributed by atoms with Crippen LogP contribution in [0.1, 0.15) is 13.8 Å². The van der Waals surface area contributed by atoms with Crippen LogP contribution in [0.25, 0.3) is 0 Å². The normalized spacial score (nSPS) is 25.4. The van der Waals surface area contributed by atoms with Crippen molar-refractivity contribution in [2.24, 2.45) is 17.8 Å². The van der Waals surface area contributed by atoms with Gasteiger partial charge in [-0.15, -0.1) is 0 Å². The fraction of sp³-hybridized carbons (Fsp3) is 0.923. The lowest BCUT2D eigenvalue weighted by Gasteiger charge is -2.45. The molecule has 3 atom stereocenters. The van der Waals surface area contributed by atoms with Crippen LogP contribution in [-0.4, -0.2) is 36.1 Å². The summed E-state index contributed by atoms with van der Waals surface area (Å²) >= 11 is 0. The van der Waals surface area contributed by atoms with Crippen molar-refractivity contribution in [1.82, 2.24) is 5.32 Å². The molecule has 0 aromatic rings. The molecule has 1 aliphatic rings. The minimum absolute atomic E-state index is 0.0422. The quantitative estimate of drug-likeness (QED) is 0.579. The minimum Gasteiger partial charge on any atom is -0.420 e. The largest absolute Gasteiger partial charge is 0.420 e. The molecule has 0 aliphatic carbocycles. The summed E-state index contributed by atoms with van der Waals surface area (Å²) in [5.41, 5.74) is 0. The number of nitrogens with one attached hydrogen (secondary N) is 1. The highest BCUT2D eigenvalue weighted by Crippen LogP contribution is 2.32. The molecular weight excluding hydrogens is 274 g/mol. The fourth-order valence-electron chi connectivity index (χ4n) is 2.28. The molecule has 1 amide bonds. The first kappa shape index (κ1) is 16.9. The van der Waals surface area contributed by atoms with E-state index in [1.165, 1.54) is 0 Å². The molecule has 1 unspecified atom stereocenters. The van der Waals surface area contributed by atoms with Gasteiger partial charge in [-0.1, -0.05) is 13.8 Å². The number of hydrogen-bond donors (Lipinski definition) is 1. The Hall–Kier alpha value is -0.176. The van der Waals surface area contributed by atoms with Gasteiger partial charge in [-0.3, -0.25) is 4.79 Å². The maximum absolute atomic E-state index is 11.9. The van der Waals surface area contributed by atoms with Gasteiger partial charge in [0.25, 0.3) is 0 Å². The lowest BCUT2D eigenvalue weighted by atomic mass is 9.78. The highest BCUT2D eigenvalue weighted by atomic mass is 28.4. The Bertz CT molecular complexity index is 316. The Morgan fingerprint density at radius 1 is 1.32 bits per heavy atom. The number of β-lactam (4-membered cyclic amide) rings is 1. The summed E-state index contributed by atoms with van der Waals surface area (Å²) in [6, 6.07) is 0. The van der Waals surface area contributed by atoms with Crippen LogP contribution in [0.5, 0.6) is 0 Å². The lowest BCUT2D eigenvalue weighted by Crippen LogP contribution is -2.65. The first-order chi connectivity index (χ1) is 8.61. The van der Waals surface area contributed by atoms with Gasteiger partial charge in [0.15, 0.2) is 17.4 Å². The maximum atomic E-state index is 11.9. The topological polar surface area (TPSA) is 47.6 Å². The standard InChI is InChI=1S/C13H29NO3Si2/c1-9(2)10(8-16-18(3)4)11-12(15)14-13(11)17-19(5,6)7/h9-11,13,18H,8H2,1-7H3,(H,14,15)/t10-,11+,13?/m1/s1. The molecule has 0 aromatic heterocycles. The van der Waals surface area contributed by atoms with Gasteiger partial charge in [0.05, 0.1) is 5.92 Å². The predicted octanol–water partition coefficient (Wildman–Crippen LogP) is 2.18. The van der Waals surface area contributed by atoms with Gasteiger partial charge in [-0.05, 0) is 44.6 Å². The highest BCUT2D eigenvalue weighted by molar-refractivity contribution is 6.69. The van der Waals surface area contributed by atoms with Gasteiger partial charge < -0.3 is 14.2 Å². The van der Waals surface area contributed by atoms with Crippen LogP contribution in [0.4, 0.5) is 0 Å². The van der Waals surface area contributed by atoms with E-state index in [0.29, 0.717) is 12.5 Å². The van der Waals surface area contributed by atoms with Crippen molar-refractivity contribution >= 4 is 23.3 Å². The van der Waals surface area contributed by atoms with Gasteiger partial charge in [-0.25, -0.2) is 0 Å². The summed E-state index contributed by atoms with van der Waals surface area (Å²) in [6.07, 6.45) is -0.107. The number of rotatable bonds is 7. The molecule has 1 heterocycles. The van der Waals surface area contributed by atoms with Crippen molar-refractivity contribution in [1.29, 1.82) is 0 Å². The van der Waals surface area contributed by atoms with E-state index in [0.717, 1.165) is 0 Å². The zero-order valence-corrected chi connectivity index (χ0v) is 15.5. The van der Waals surface area contributed by atoms with Crippen molar-refractivity contribution in [2.45, 2.75) is 52.8 Å². The number of hydrogen-bond acceptors (Lipinski definition) is 3. The summed E-state index contributed by atoms with van der Waals surface area (Å²) in [6.45, 7) is 15.8. The van der Waals surface area contributed by atoms with Gasteiger partial charge in [-0.2, -0.15) is 0 Å². The SMILES string of the molecule is CC(C)[C@@H](CO[SiH](C)C)[C@H]1C(=O)NC1O[Si](C)(C)C. The Balaban J connectivity index is 2.68. The van der Waals surface area contributed by atoms with Crippen LogP contribution in [0, 0.1) is 17.8 Å². The molecule has 4 nitrogen and oxygen atoms in total. The molecule has 6 heteroatoms. The third-order valence-corrected chi connectivity index (χ3v) is 5.15. The highest BCUT2D eigenvalue weighted by Gasteiger charge is 2.47. The van der Waals surface area contributed by atoms with E-state index in [1.807, 2.05) is 0 Å². The summed E-state index contributed by atoms with van der Waals surface area (Å²) in [4.78, 5) is 11.9. The fourth-order valence-corrected chi connectivity index (χ4v) is 3.86. The van der Waals surface area contributed by atoms with E-state index in [9.17, 15) is 4.79 Å². The van der Waals surface area contributed by atoms with Crippen molar-refractivity contribution in [3.63, 3.8) is 0 Å². The summed E-state index contributed by atoms with van der Waals surface area (Å²) in [5.74, 6) is 0.761. The molecule has 1 fully saturated rings. The van der Waals surface area contributed by atoms with E-state index < -0.39 is 17.4 Å². The summed E-state index contributed by atoms with van der Waals surface area (Å²) in [7, 11) is -2.68. The Labute approximate surface area is 120 Å². The average molecular weight is 304 g/mol. The molecule has 1 aliphatic heterocycles. The second kappa shape index (κ2) is 6.52. The van der Waals surface area contributed by atoms with Crippen LogP contribution in [-0.2, 0) is 13.6 Å². The van der Waals surface area contributed by atoms with Crippen molar-refractivity contribution in [2.75, 3.05) is 6.61 Å². The number of carbonyl (C=O) groups is 1. The minimum atomic E-state index is -1.63. The van der Waals surface area contributed by atoms with Crippen LogP contribution in [0.3, 0.4) is 0 Å². The van der Waals surface area contributed by atoms with Crippen LogP contribution < -0.4 is 5.32 Å².